The van der Waals surface area contributed by atoms with E-state index in [4.69, 9.17) is 9.47 Å². The number of ether oxygens (including phenoxy) is 2. The first-order valence-electron chi connectivity index (χ1n) is 6.14. The molecule has 0 amide bonds. The number of benzene rings is 1. The van der Waals surface area contributed by atoms with E-state index < -0.39 is 0 Å². The molecule has 1 unspecified atom stereocenters. The lowest BCUT2D eigenvalue weighted by molar-refractivity contribution is -0.145. The second-order valence-corrected chi connectivity index (χ2v) is 4.11. The maximum Gasteiger partial charge on any atom is 0.322 e. The van der Waals surface area contributed by atoms with Gasteiger partial charge in [0, 0.05) is 13.7 Å². The van der Waals surface area contributed by atoms with Crippen LogP contribution < -0.4 is 5.32 Å². The van der Waals surface area contributed by atoms with Crippen LogP contribution in [0.2, 0.25) is 0 Å². The maximum absolute atomic E-state index is 11.4. The molecule has 1 N–H and O–H groups in total. The Morgan fingerprint density at radius 1 is 1.39 bits per heavy atom. The Balaban J connectivity index is 2.47. The topological polar surface area (TPSA) is 47.6 Å². The van der Waals surface area contributed by atoms with Crippen LogP contribution in [-0.2, 0) is 27.4 Å². The van der Waals surface area contributed by atoms with E-state index in [1.54, 1.807) is 21.0 Å². The van der Waals surface area contributed by atoms with Crippen LogP contribution in [0.1, 0.15) is 25.0 Å². The molecule has 0 aromatic heterocycles. The average molecular weight is 251 g/mol. The zero-order valence-corrected chi connectivity index (χ0v) is 11.2. The maximum atomic E-state index is 11.4. The molecule has 0 aliphatic carbocycles. The molecule has 0 saturated carbocycles. The fraction of sp³-hybridized carbons (Fsp3) is 0.500. The van der Waals surface area contributed by atoms with E-state index in [0.29, 0.717) is 19.8 Å². The molecule has 0 saturated heterocycles. The Labute approximate surface area is 108 Å². The van der Waals surface area contributed by atoms with Gasteiger partial charge in [0.05, 0.1) is 13.2 Å². The lowest BCUT2D eigenvalue weighted by atomic mass is 10.1. The third kappa shape index (κ3) is 4.85. The molecule has 0 radical (unpaired) electrons. The summed E-state index contributed by atoms with van der Waals surface area (Å²) in [5.74, 6) is -0.217. The number of rotatable bonds is 7. The zero-order chi connectivity index (χ0) is 13.4. The summed E-state index contributed by atoms with van der Waals surface area (Å²) in [6.45, 7) is 5.25. The van der Waals surface area contributed by atoms with Crippen molar-refractivity contribution in [2.45, 2.75) is 33.0 Å². The minimum atomic E-state index is -0.295. The van der Waals surface area contributed by atoms with Gasteiger partial charge in [-0.1, -0.05) is 24.3 Å². The van der Waals surface area contributed by atoms with Crippen LogP contribution in [0.4, 0.5) is 0 Å². The van der Waals surface area contributed by atoms with E-state index in [1.165, 1.54) is 0 Å². The van der Waals surface area contributed by atoms with Gasteiger partial charge in [-0.2, -0.15) is 0 Å². The predicted molar refractivity (Wildman–Crippen MR) is 70.1 cm³/mol. The number of carbonyl (C=O) groups excluding carboxylic acids is 1. The van der Waals surface area contributed by atoms with Crippen LogP contribution >= 0.6 is 0 Å². The summed E-state index contributed by atoms with van der Waals surface area (Å²) in [6.07, 6.45) is 0. The van der Waals surface area contributed by atoms with Crippen molar-refractivity contribution in [1.29, 1.82) is 0 Å². The van der Waals surface area contributed by atoms with Crippen LogP contribution in [0.3, 0.4) is 0 Å². The van der Waals surface area contributed by atoms with Gasteiger partial charge in [-0.15, -0.1) is 0 Å². The van der Waals surface area contributed by atoms with E-state index in [1.807, 2.05) is 18.2 Å². The molecule has 0 aliphatic rings. The largest absolute Gasteiger partial charge is 0.465 e. The van der Waals surface area contributed by atoms with E-state index in [-0.39, 0.29) is 12.0 Å². The van der Waals surface area contributed by atoms with Crippen molar-refractivity contribution in [2.75, 3.05) is 13.7 Å². The summed E-state index contributed by atoms with van der Waals surface area (Å²) < 4.78 is 10.0. The monoisotopic (exact) mass is 251 g/mol. The third-order valence-corrected chi connectivity index (χ3v) is 2.55. The van der Waals surface area contributed by atoms with Crippen LogP contribution in [0.15, 0.2) is 24.3 Å². The van der Waals surface area contributed by atoms with Crippen LogP contribution in [-0.4, -0.2) is 25.7 Å². The van der Waals surface area contributed by atoms with Crippen LogP contribution in [0.5, 0.6) is 0 Å². The molecule has 0 aliphatic heterocycles. The molecule has 0 spiro atoms. The molecule has 1 aromatic rings. The normalized spacial score (nSPS) is 12.2. The predicted octanol–water partition coefficient (Wildman–Crippen LogP) is 1.87. The van der Waals surface area contributed by atoms with Gasteiger partial charge < -0.3 is 14.8 Å². The van der Waals surface area contributed by atoms with Gasteiger partial charge in [-0.25, -0.2) is 0 Å². The highest BCUT2D eigenvalue weighted by atomic mass is 16.5. The SMILES string of the molecule is CCOC(=O)C(C)NCc1cccc(COC)c1. The first kappa shape index (κ1) is 14.7. The van der Waals surface area contributed by atoms with Crippen molar-refractivity contribution in [3.63, 3.8) is 0 Å². The molecule has 18 heavy (non-hydrogen) atoms. The zero-order valence-electron chi connectivity index (χ0n) is 11.2. The highest BCUT2D eigenvalue weighted by Crippen LogP contribution is 2.06. The standard InChI is InChI=1S/C14H21NO3/c1-4-18-14(16)11(2)15-9-12-6-5-7-13(8-12)10-17-3/h5-8,11,15H,4,9-10H2,1-3H3. The Bertz CT molecular complexity index is 379. The second-order valence-electron chi connectivity index (χ2n) is 4.11. The van der Waals surface area contributed by atoms with Crippen molar-refractivity contribution in [3.8, 4) is 0 Å². The second kappa shape index (κ2) is 7.84. The number of hydrogen-bond acceptors (Lipinski definition) is 4. The molecule has 100 valence electrons. The molecule has 0 bridgehead atoms. The highest BCUT2D eigenvalue weighted by molar-refractivity contribution is 5.75. The minimum absolute atomic E-state index is 0.217. The third-order valence-electron chi connectivity index (χ3n) is 2.55. The van der Waals surface area contributed by atoms with Crippen LogP contribution in [0, 0.1) is 0 Å². The van der Waals surface area contributed by atoms with Gasteiger partial charge in [0.15, 0.2) is 0 Å². The number of carbonyl (C=O) groups is 1. The minimum Gasteiger partial charge on any atom is -0.465 e. The first-order chi connectivity index (χ1) is 8.67. The van der Waals surface area contributed by atoms with Gasteiger partial charge in [-0.3, -0.25) is 4.79 Å². The lowest BCUT2D eigenvalue weighted by Gasteiger charge is -2.13. The van der Waals surface area contributed by atoms with Crippen molar-refractivity contribution >= 4 is 5.97 Å². The van der Waals surface area contributed by atoms with Crippen molar-refractivity contribution < 1.29 is 14.3 Å². The van der Waals surface area contributed by atoms with Crippen molar-refractivity contribution in [1.82, 2.24) is 5.32 Å². The summed E-state index contributed by atoms with van der Waals surface area (Å²) in [7, 11) is 1.67. The fourth-order valence-electron chi connectivity index (χ4n) is 1.62. The lowest BCUT2D eigenvalue weighted by Crippen LogP contribution is -2.34. The number of nitrogens with one attached hydrogen (secondary N) is 1. The fourth-order valence-corrected chi connectivity index (χ4v) is 1.62. The number of hydrogen-bond donors (Lipinski definition) is 1. The Kier molecular flexibility index (Phi) is 6.39. The van der Waals surface area contributed by atoms with Gasteiger partial charge in [0.1, 0.15) is 6.04 Å². The molecule has 1 aromatic carbocycles. The first-order valence-corrected chi connectivity index (χ1v) is 6.14. The molecule has 1 atom stereocenters. The molecular weight excluding hydrogens is 230 g/mol. The van der Waals surface area contributed by atoms with Crippen LogP contribution in [0.25, 0.3) is 0 Å². The van der Waals surface area contributed by atoms with Crippen molar-refractivity contribution in [3.05, 3.63) is 35.4 Å². The molecular formula is C14H21NO3. The van der Waals surface area contributed by atoms with Gasteiger partial charge >= 0.3 is 5.97 Å². The number of methoxy groups -OCH3 is 1. The average Bonchev–Trinajstić information content (AvgIpc) is 2.37. The molecule has 4 heteroatoms. The Hall–Kier alpha value is -1.39. The Morgan fingerprint density at radius 3 is 2.78 bits per heavy atom. The summed E-state index contributed by atoms with van der Waals surface area (Å²) >= 11 is 0. The van der Waals surface area contributed by atoms with E-state index in [9.17, 15) is 4.79 Å². The van der Waals surface area contributed by atoms with E-state index in [2.05, 4.69) is 11.4 Å². The molecule has 0 heterocycles. The number of esters is 1. The summed E-state index contributed by atoms with van der Waals surface area (Å²) in [4.78, 5) is 11.4. The summed E-state index contributed by atoms with van der Waals surface area (Å²) in [6, 6.07) is 7.79. The quantitative estimate of drug-likeness (QED) is 0.752. The van der Waals surface area contributed by atoms with Gasteiger partial charge in [0.2, 0.25) is 0 Å². The smallest absolute Gasteiger partial charge is 0.322 e. The molecule has 0 fully saturated rings. The van der Waals surface area contributed by atoms with E-state index >= 15 is 0 Å². The Morgan fingerprint density at radius 2 is 2.11 bits per heavy atom. The summed E-state index contributed by atoms with van der Waals surface area (Å²) in [5.41, 5.74) is 2.25. The van der Waals surface area contributed by atoms with Gasteiger partial charge in [-0.05, 0) is 25.0 Å². The van der Waals surface area contributed by atoms with E-state index in [0.717, 1.165) is 11.1 Å². The molecule has 1 rings (SSSR count). The molecule has 4 nitrogen and oxygen atoms in total. The summed E-state index contributed by atoms with van der Waals surface area (Å²) in [5, 5.41) is 3.14. The highest BCUT2D eigenvalue weighted by Gasteiger charge is 2.12. The van der Waals surface area contributed by atoms with Gasteiger partial charge in [0.25, 0.3) is 0 Å². The van der Waals surface area contributed by atoms with Crippen molar-refractivity contribution in [2.24, 2.45) is 0 Å².